The van der Waals surface area contributed by atoms with Gasteiger partial charge in [-0.2, -0.15) is 13.2 Å². The molecule has 2 N–H and O–H groups in total. The quantitative estimate of drug-likeness (QED) is 0.880. The zero-order valence-electron chi connectivity index (χ0n) is 13.8. The van der Waals surface area contributed by atoms with Crippen LogP contribution in [0.5, 0.6) is 0 Å². The second-order valence-electron chi connectivity index (χ2n) is 6.32. The maximum atomic E-state index is 13.2. The van der Waals surface area contributed by atoms with Gasteiger partial charge in [-0.25, -0.2) is 4.79 Å². The molecule has 1 aromatic rings. The number of urea groups is 1. The highest BCUT2D eigenvalue weighted by molar-refractivity contribution is 5.74. The summed E-state index contributed by atoms with van der Waals surface area (Å²) in [4.78, 5) is 13.6. The van der Waals surface area contributed by atoms with E-state index in [0.29, 0.717) is 12.8 Å². The fraction of sp³-hybridized carbons (Fsp3) is 0.588. The molecule has 0 saturated heterocycles. The van der Waals surface area contributed by atoms with E-state index in [0.717, 1.165) is 12.5 Å². The molecule has 1 aliphatic rings. The number of amides is 2. The lowest BCUT2D eigenvalue weighted by molar-refractivity contribution is -0.138. The molecule has 134 valence electrons. The second kappa shape index (κ2) is 7.42. The predicted molar refractivity (Wildman–Crippen MR) is 84.7 cm³/mol. The molecule has 2 rings (SSSR count). The van der Waals surface area contributed by atoms with Crippen LogP contribution < -0.4 is 5.32 Å². The SMILES string of the molecule is CC(CO)N(C)C(=O)NC1CCCC1c1ccccc1C(F)(F)F. The standard InChI is InChI=1S/C17H23F3N2O2/c1-11(10-23)22(2)16(24)21-15-9-5-7-13(15)12-6-3-4-8-14(12)17(18,19)20/h3-4,6,8,11,13,15,23H,5,7,9-10H2,1-2H3,(H,21,24). The molecule has 7 heteroatoms. The lowest BCUT2D eigenvalue weighted by atomic mass is 9.90. The average molecular weight is 344 g/mol. The van der Waals surface area contributed by atoms with Gasteiger partial charge in [0.05, 0.1) is 18.2 Å². The first-order valence-electron chi connectivity index (χ1n) is 8.06. The van der Waals surface area contributed by atoms with E-state index in [1.807, 2.05) is 0 Å². The minimum atomic E-state index is -4.41. The van der Waals surface area contributed by atoms with Crippen molar-refractivity contribution in [2.75, 3.05) is 13.7 Å². The van der Waals surface area contributed by atoms with E-state index < -0.39 is 11.7 Å². The van der Waals surface area contributed by atoms with Gasteiger partial charge in [0.2, 0.25) is 0 Å². The summed E-state index contributed by atoms with van der Waals surface area (Å²) in [5, 5.41) is 12.0. The molecule has 0 heterocycles. The smallest absolute Gasteiger partial charge is 0.394 e. The number of likely N-dealkylation sites (N-methyl/N-ethyl adjacent to an activating group) is 1. The molecule has 1 fully saturated rings. The minimum absolute atomic E-state index is 0.172. The summed E-state index contributed by atoms with van der Waals surface area (Å²) >= 11 is 0. The van der Waals surface area contributed by atoms with Gasteiger partial charge >= 0.3 is 12.2 Å². The van der Waals surface area contributed by atoms with Crippen LogP contribution in [0.1, 0.15) is 43.2 Å². The van der Waals surface area contributed by atoms with Gasteiger partial charge in [0.1, 0.15) is 0 Å². The summed E-state index contributed by atoms with van der Waals surface area (Å²) in [6.07, 6.45) is -2.39. The molecular formula is C17H23F3N2O2. The monoisotopic (exact) mass is 344 g/mol. The Labute approximate surface area is 139 Å². The summed E-state index contributed by atoms with van der Waals surface area (Å²) < 4.78 is 39.7. The van der Waals surface area contributed by atoms with Gasteiger partial charge in [-0.15, -0.1) is 0 Å². The Hall–Kier alpha value is -1.76. The molecular weight excluding hydrogens is 321 g/mol. The summed E-state index contributed by atoms with van der Waals surface area (Å²) in [5.74, 6) is -0.357. The number of aliphatic hydroxyl groups excluding tert-OH is 1. The van der Waals surface area contributed by atoms with Crippen molar-refractivity contribution in [3.8, 4) is 0 Å². The van der Waals surface area contributed by atoms with Crippen molar-refractivity contribution in [2.24, 2.45) is 0 Å². The van der Waals surface area contributed by atoms with E-state index in [4.69, 9.17) is 5.11 Å². The Bertz CT molecular complexity index is 577. The summed E-state index contributed by atoms with van der Waals surface area (Å²) in [6.45, 7) is 1.53. The van der Waals surface area contributed by atoms with Gasteiger partial charge in [-0.05, 0) is 31.4 Å². The van der Waals surface area contributed by atoms with Crippen molar-refractivity contribution >= 4 is 6.03 Å². The van der Waals surface area contributed by atoms with Crippen molar-refractivity contribution < 1.29 is 23.1 Å². The van der Waals surface area contributed by atoms with Gasteiger partial charge in [-0.3, -0.25) is 0 Å². The fourth-order valence-electron chi connectivity index (χ4n) is 3.17. The minimum Gasteiger partial charge on any atom is -0.394 e. The number of aliphatic hydroxyl groups is 1. The molecule has 4 nitrogen and oxygen atoms in total. The zero-order valence-corrected chi connectivity index (χ0v) is 13.8. The number of carbonyl (C=O) groups is 1. The molecule has 3 atom stereocenters. The van der Waals surface area contributed by atoms with Crippen LogP contribution in [0.3, 0.4) is 0 Å². The Morgan fingerprint density at radius 3 is 2.67 bits per heavy atom. The third-order valence-corrected chi connectivity index (χ3v) is 4.74. The van der Waals surface area contributed by atoms with Crippen molar-refractivity contribution in [1.29, 1.82) is 0 Å². The number of nitrogens with zero attached hydrogens (tertiary/aromatic N) is 1. The number of benzene rings is 1. The van der Waals surface area contributed by atoms with E-state index >= 15 is 0 Å². The van der Waals surface area contributed by atoms with Crippen molar-refractivity contribution in [1.82, 2.24) is 10.2 Å². The first-order chi connectivity index (χ1) is 11.3. The highest BCUT2D eigenvalue weighted by Gasteiger charge is 2.39. The second-order valence-corrected chi connectivity index (χ2v) is 6.32. The first kappa shape index (κ1) is 18.6. The third-order valence-electron chi connectivity index (χ3n) is 4.74. The molecule has 0 aromatic heterocycles. The maximum Gasteiger partial charge on any atom is 0.416 e. The van der Waals surface area contributed by atoms with Crippen LogP contribution in [0.2, 0.25) is 0 Å². The van der Waals surface area contributed by atoms with Gasteiger partial charge in [0, 0.05) is 19.0 Å². The number of alkyl halides is 3. The van der Waals surface area contributed by atoms with Crippen LogP contribution in [0.15, 0.2) is 24.3 Å². The number of nitrogens with one attached hydrogen (secondary N) is 1. The van der Waals surface area contributed by atoms with Gasteiger partial charge in [0.25, 0.3) is 0 Å². The summed E-state index contributed by atoms with van der Waals surface area (Å²) in [7, 11) is 1.56. The van der Waals surface area contributed by atoms with Gasteiger partial charge in [-0.1, -0.05) is 24.6 Å². The maximum absolute atomic E-state index is 13.2. The summed E-state index contributed by atoms with van der Waals surface area (Å²) in [6, 6.07) is 4.50. The molecule has 0 aliphatic heterocycles. The van der Waals surface area contributed by atoms with Crippen LogP contribution in [-0.2, 0) is 6.18 Å². The highest BCUT2D eigenvalue weighted by Crippen LogP contribution is 2.41. The molecule has 24 heavy (non-hydrogen) atoms. The number of hydrogen-bond donors (Lipinski definition) is 2. The van der Waals surface area contributed by atoms with Crippen molar-refractivity contribution in [3.05, 3.63) is 35.4 Å². The predicted octanol–water partition coefficient (Wildman–Crippen LogP) is 3.36. The van der Waals surface area contributed by atoms with E-state index in [-0.39, 0.29) is 36.2 Å². The molecule has 1 aliphatic carbocycles. The Kier molecular flexibility index (Phi) is 5.74. The third kappa shape index (κ3) is 4.01. The number of rotatable bonds is 4. The van der Waals surface area contributed by atoms with E-state index in [9.17, 15) is 18.0 Å². The fourth-order valence-corrected chi connectivity index (χ4v) is 3.17. The molecule has 0 spiro atoms. The molecule has 0 bridgehead atoms. The molecule has 1 saturated carbocycles. The first-order valence-corrected chi connectivity index (χ1v) is 8.06. The van der Waals surface area contributed by atoms with E-state index in [1.54, 1.807) is 20.0 Å². The van der Waals surface area contributed by atoms with Gasteiger partial charge in [0.15, 0.2) is 0 Å². The number of carbonyl (C=O) groups excluding carboxylic acids is 1. The Morgan fingerprint density at radius 2 is 2.04 bits per heavy atom. The molecule has 3 unspecified atom stereocenters. The lowest BCUT2D eigenvalue weighted by Gasteiger charge is -2.29. The lowest BCUT2D eigenvalue weighted by Crippen LogP contribution is -2.48. The van der Waals surface area contributed by atoms with E-state index in [2.05, 4.69) is 5.32 Å². The summed E-state index contributed by atoms with van der Waals surface area (Å²) in [5.41, 5.74) is -0.390. The highest BCUT2D eigenvalue weighted by atomic mass is 19.4. The molecule has 2 amide bonds. The van der Waals surface area contributed by atoms with E-state index in [1.165, 1.54) is 17.0 Å². The molecule has 1 aromatic carbocycles. The number of hydrogen-bond acceptors (Lipinski definition) is 2. The Balaban J connectivity index is 2.19. The number of halogens is 3. The zero-order chi connectivity index (χ0) is 17.9. The van der Waals surface area contributed by atoms with Gasteiger partial charge < -0.3 is 15.3 Å². The average Bonchev–Trinajstić information content (AvgIpc) is 3.00. The largest absolute Gasteiger partial charge is 0.416 e. The van der Waals surface area contributed by atoms with Crippen LogP contribution in [0.4, 0.5) is 18.0 Å². The topological polar surface area (TPSA) is 52.6 Å². The molecule has 0 radical (unpaired) electrons. The van der Waals surface area contributed by atoms with Crippen LogP contribution >= 0.6 is 0 Å². The van der Waals surface area contributed by atoms with Crippen molar-refractivity contribution in [3.63, 3.8) is 0 Å². The van der Waals surface area contributed by atoms with Crippen molar-refractivity contribution in [2.45, 2.75) is 50.4 Å². The van der Waals surface area contributed by atoms with Crippen LogP contribution in [0.25, 0.3) is 0 Å². The van der Waals surface area contributed by atoms with Crippen LogP contribution in [0, 0.1) is 0 Å². The normalized spacial score (nSPS) is 22.2. The Morgan fingerprint density at radius 1 is 1.38 bits per heavy atom. The van der Waals surface area contributed by atoms with Crippen LogP contribution in [-0.4, -0.2) is 41.8 Å².